The fourth-order valence-electron chi connectivity index (χ4n) is 4.11. The van der Waals surface area contributed by atoms with Crippen LogP contribution in [-0.2, 0) is 0 Å². The highest BCUT2D eigenvalue weighted by atomic mass is 35.5. The Kier molecular flexibility index (Phi) is 9.52. The van der Waals surface area contributed by atoms with E-state index in [0.29, 0.717) is 0 Å². The average molecular weight is 410 g/mol. The molecule has 1 aromatic rings. The molecule has 1 aliphatic heterocycles. The molecule has 6 heteroatoms. The van der Waals surface area contributed by atoms with Crippen LogP contribution in [0.2, 0.25) is 5.02 Å². The van der Waals surface area contributed by atoms with Crippen LogP contribution in [0.4, 0.5) is 0 Å². The fourth-order valence-corrected chi connectivity index (χ4v) is 4.31. The van der Waals surface area contributed by atoms with Gasteiger partial charge in [-0.05, 0) is 37.6 Å². The van der Waals surface area contributed by atoms with Crippen LogP contribution < -0.4 is 0 Å². The second-order valence-corrected chi connectivity index (χ2v) is 7.81. The molecule has 1 saturated carbocycles. The van der Waals surface area contributed by atoms with Crippen molar-refractivity contribution in [2.75, 3.05) is 39.8 Å². The Balaban J connectivity index is 0.00000156. The molecule has 3 rings (SSSR count). The number of likely N-dealkylation sites (N-methyl/N-ethyl adjacent to an activating group) is 1. The molecule has 0 bridgehead atoms. The average Bonchev–Trinajstić information content (AvgIpc) is 2.55. The molecule has 1 N–H and O–H groups in total. The summed E-state index contributed by atoms with van der Waals surface area (Å²) in [7, 11) is 2.18. The van der Waals surface area contributed by atoms with E-state index in [1.807, 2.05) is 12.1 Å². The van der Waals surface area contributed by atoms with E-state index in [9.17, 15) is 5.11 Å². The molecule has 2 aliphatic rings. The maximum Gasteiger partial charge on any atom is 0.0728 e. The molecule has 1 aromatic carbocycles. The lowest BCUT2D eigenvalue weighted by Gasteiger charge is -2.43. The van der Waals surface area contributed by atoms with Crippen LogP contribution in [0.15, 0.2) is 24.3 Å². The van der Waals surface area contributed by atoms with Crippen LogP contribution in [-0.4, -0.2) is 60.3 Å². The summed E-state index contributed by atoms with van der Waals surface area (Å²) in [5.41, 5.74) is 0.618. The number of piperazine rings is 1. The van der Waals surface area contributed by atoms with E-state index < -0.39 is 5.60 Å². The third kappa shape index (κ3) is 5.98. The van der Waals surface area contributed by atoms with Gasteiger partial charge < -0.3 is 14.9 Å². The van der Waals surface area contributed by atoms with E-state index >= 15 is 0 Å². The van der Waals surface area contributed by atoms with Crippen LogP contribution >= 0.6 is 36.4 Å². The van der Waals surface area contributed by atoms with Gasteiger partial charge >= 0.3 is 0 Å². The zero-order valence-corrected chi connectivity index (χ0v) is 17.4. The Morgan fingerprint density at radius 1 is 1.08 bits per heavy atom. The zero-order valence-electron chi connectivity index (χ0n) is 15.0. The summed E-state index contributed by atoms with van der Waals surface area (Å²) >= 11 is 6.23. The summed E-state index contributed by atoms with van der Waals surface area (Å²) in [6.45, 7) is 5.33. The van der Waals surface area contributed by atoms with Gasteiger partial charge in [0.1, 0.15) is 0 Å². The number of aliphatic hydroxyl groups is 1. The molecule has 1 atom stereocenters. The maximum absolute atomic E-state index is 11.4. The Morgan fingerprint density at radius 2 is 1.72 bits per heavy atom. The van der Waals surface area contributed by atoms with Crippen LogP contribution in [0, 0.1) is 0 Å². The molecule has 144 valence electrons. The lowest BCUT2D eigenvalue weighted by Crippen LogP contribution is -2.50. The summed E-state index contributed by atoms with van der Waals surface area (Å²) in [6, 6.07) is 8.12. The van der Waals surface area contributed by atoms with Gasteiger partial charge in [-0.1, -0.05) is 43.0 Å². The SMILES string of the molecule is CN1CCN(C[C@H](c2cccc(Cl)c2)C2(O)CCCCC2)CC1.Cl.Cl. The number of hydrogen-bond acceptors (Lipinski definition) is 3. The predicted molar refractivity (Wildman–Crippen MR) is 111 cm³/mol. The Labute approximate surface area is 169 Å². The molecule has 3 nitrogen and oxygen atoms in total. The summed E-state index contributed by atoms with van der Waals surface area (Å²) < 4.78 is 0. The number of nitrogens with zero attached hydrogens (tertiary/aromatic N) is 2. The van der Waals surface area contributed by atoms with Gasteiger partial charge in [0.15, 0.2) is 0 Å². The van der Waals surface area contributed by atoms with Crippen molar-refractivity contribution in [2.24, 2.45) is 0 Å². The Hall–Kier alpha value is -0.0300. The molecule has 0 unspecified atom stereocenters. The van der Waals surface area contributed by atoms with E-state index in [4.69, 9.17) is 11.6 Å². The van der Waals surface area contributed by atoms with Crippen molar-refractivity contribution in [1.82, 2.24) is 9.80 Å². The van der Waals surface area contributed by atoms with Crippen molar-refractivity contribution in [3.63, 3.8) is 0 Å². The first-order valence-electron chi connectivity index (χ1n) is 8.96. The van der Waals surface area contributed by atoms with Crippen LogP contribution in [0.1, 0.15) is 43.6 Å². The lowest BCUT2D eigenvalue weighted by atomic mass is 9.72. The molecule has 0 amide bonds. The maximum atomic E-state index is 11.4. The van der Waals surface area contributed by atoms with Crippen molar-refractivity contribution < 1.29 is 5.11 Å². The van der Waals surface area contributed by atoms with Crippen LogP contribution in [0.3, 0.4) is 0 Å². The van der Waals surface area contributed by atoms with Crippen molar-refractivity contribution in [2.45, 2.75) is 43.6 Å². The standard InChI is InChI=1S/C19H29ClN2O.2ClH/c1-21-10-12-22(13-11-21)15-18(16-6-5-7-17(20)14-16)19(23)8-3-2-4-9-19;;/h5-7,14,18,23H,2-4,8-13,15H2,1H3;2*1H/t18-;;/m1../s1. The van der Waals surface area contributed by atoms with Gasteiger partial charge in [0, 0.05) is 43.7 Å². The summed E-state index contributed by atoms with van der Waals surface area (Å²) in [4.78, 5) is 4.89. The second kappa shape index (κ2) is 10.3. The fraction of sp³-hybridized carbons (Fsp3) is 0.684. The normalized spacial score (nSPS) is 22.5. The van der Waals surface area contributed by atoms with E-state index in [-0.39, 0.29) is 30.7 Å². The highest BCUT2D eigenvalue weighted by Crippen LogP contribution is 2.41. The van der Waals surface area contributed by atoms with Crippen molar-refractivity contribution in [3.05, 3.63) is 34.9 Å². The van der Waals surface area contributed by atoms with E-state index in [1.165, 1.54) is 12.0 Å². The first-order chi connectivity index (χ1) is 11.1. The summed E-state index contributed by atoms with van der Waals surface area (Å²) in [5, 5.41) is 12.1. The van der Waals surface area contributed by atoms with Gasteiger partial charge in [-0.2, -0.15) is 0 Å². The second-order valence-electron chi connectivity index (χ2n) is 7.38. The first-order valence-corrected chi connectivity index (χ1v) is 9.33. The third-order valence-corrected chi connectivity index (χ3v) is 5.89. The first kappa shape index (κ1) is 23.0. The predicted octanol–water partition coefficient (Wildman–Crippen LogP) is 4.21. The van der Waals surface area contributed by atoms with Crippen molar-refractivity contribution in [3.8, 4) is 0 Å². The molecule has 1 saturated heterocycles. The summed E-state index contributed by atoms with van der Waals surface area (Å²) in [6.07, 6.45) is 5.35. The van der Waals surface area contributed by atoms with E-state index in [0.717, 1.165) is 63.4 Å². The van der Waals surface area contributed by atoms with Crippen molar-refractivity contribution >= 4 is 36.4 Å². The number of halogens is 3. The zero-order chi connectivity index (χ0) is 16.3. The van der Waals surface area contributed by atoms with E-state index in [1.54, 1.807) is 0 Å². The van der Waals surface area contributed by atoms with Crippen molar-refractivity contribution in [1.29, 1.82) is 0 Å². The van der Waals surface area contributed by atoms with Crippen LogP contribution in [0.5, 0.6) is 0 Å². The number of rotatable bonds is 4. The lowest BCUT2D eigenvalue weighted by molar-refractivity contribution is -0.0337. The van der Waals surface area contributed by atoms with E-state index in [2.05, 4.69) is 29.0 Å². The minimum atomic E-state index is -0.577. The molecule has 2 fully saturated rings. The van der Waals surface area contributed by atoms with Gasteiger partial charge in [0.05, 0.1) is 5.60 Å². The van der Waals surface area contributed by atoms with Gasteiger partial charge in [0.25, 0.3) is 0 Å². The van der Waals surface area contributed by atoms with Gasteiger partial charge in [-0.3, -0.25) is 0 Å². The molecule has 1 aliphatic carbocycles. The number of hydrogen-bond donors (Lipinski definition) is 1. The largest absolute Gasteiger partial charge is 0.389 e. The Morgan fingerprint density at radius 3 is 2.32 bits per heavy atom. The molecule has 1 heterocycles. The van der Waals surface area contributed by atoms with Crippen LogP contribution in [0.25, 0.3) is 0 Å². The minimum absolute atomic E-state index is 0. The smallest absolute Gasteiger partial charge is 0.0728 e. The van der Waals surface area contributed by atoms with Gasteiger partial charge in [0.2, 0.25) is 0 Å². The molecule has 0 aromatic heterocycles. The topological polar surface area (TPSA) is 26.7 Å². The highest BCUT2D eigenvalue weighted by molar-refractivity contribution is 6.30. The molecular formula is C19H31Cl3N2O. The Bertz CT molecular complexity index is 515. The highest BCUT2D eigenvalue weighted by Gasteiger charge is 2.39. The van der Waals surface area contributed by atoms with Gasteiger partial charge in [-0.25, -0.2) is 0 Å². The van der Waals surface area contributed by atoms with Gasteiger partial charge in [-0.15, -0.1) is 24.8 Å². The number of benzene rings is 1. The molecule has 0 radical (unpaired) electrons. The minimum Gasteiger partial charge on any atom is -0.389 e. The summed E-state index contributed by atoms with van der Waals surface area (Å²) in [5.74, 6) is 0.157. The monoisotopic (exact) mass is 408 g/mol. The molecular weight excluding hydrogens is 379 g/mol. The molecule has 25 heavy (non-hydrogen) atoms. The quantitative estimate of drug-likeness (QED) is 0.807. The molecule has 0 spiro atoms. The third-order valence-electron chi connectivity index (χ3n) is 5.66.